The molecule has 24 nitrogen and oxygen atoms in total. The number of allylic oxidation sites excluding steroid dienone is 5. The Balaban J connectivity index is 1.77. The van der Waals surface area contributed by atoms with E-state index in [-0.39, 0.29) is 12.8 Å². The van der Waals surface area contributed by atoms with Gasteiger partial charge in [-0.15, -0.1) is 0 Å². The molecule has 3 rings (SSSR count). The van der Waals surface area contributed by atoms with Crippen molar-refractivity contribution in [2.75, 3.05) is 26.4 Å². The highest BCUT2D eigenvalue weighted by Gasteiger charge is 2.58. The average Bonchev–Trinajstić information content (AvgIpc) is 0.764. The maximum absolute atomic E-state index is 14.3. The molecule has 25 heteroatoms. The molecule has 3 aliphatic rings. The number of aliphatic hydroxyl groups is 10. The molecule has 0 aromatic rings. The fourth-order valence-electron chi connectivity index (χ4n) is 11.8. The molecule has 18 atom stereocenters. The van der Waals surface area contributed by atoms with Crippen LogP contribution in [0.3, 0.4) is 0 Å². The third-order valence-electron chi connectivity index (χ3n) is 17.7. The van der Waals surface area contributed by atoms with E-state index in [1.807, 2.05) is 6.08 Å². The second-order valence-corrected chi connectivity index (χ2v) is 27.4. The van der Waals surface area contributed by atoms with Gasteiger partial charge in [0, 0.05) is 18.9 Å². The minimum absolute atomic E-state index is 0.00453. The van der Waals surface area contributed by atoms with Gasteiger partial charge in [-0.2, -0.15) is 0 Å². The number of esters is 3. The SMILES string of the molecule is CCCCCCCC/C=C\CCCCCC(=O)OCC1OC(OC2C(O)C(O)C(O)C(OC3OC(CO)C(O)C(O)C3O)C2OP(=O)(O)OCC(COC(=O)/C=C/C=C/CCCCCCCCCCCCC)OC(=O)CCCCCCCCCCCCCC)C(O)C(O)C1O. The number of phosphoric acid groups is 1. The highest BCUT2D eigenvalue weighted by molar-refractivity contribution is 7.47. The summed E-state index contributed by atoms with van der Waals surface area (Å²) >= 11 is 0. The molecule has 3 fully saturated rings. The fourth-order valence-corrected chi connectivity index (χ4v) is 12.7. The van der Waals surface area contributed by atoms with E-state index in [0.717, 1.165) is 96.0 Å². The van der Waals surface area contributed by atoms with Crippen LogP contribution in [-0.2, 0) is 61.2 Å². The lowest BCUT2D eigenvalue weighted by molar-refractivity contribution is -0.360. The Morgan fingerprint density at radius 3 is 1.28 bits per heavy atom. The summed E-state index contributed by atoms with van der Waals surface area (Å²) in [5.74, 6) is -2.26. The predicted molar refractivity (Wildman–Crippen MR) is 356 cm³/mol. The van der Waals surface area contributed by atoms with Crippen molar-refractivity contribution in [3.8, 4) is 0 Å². The quantitative estimate of drug-likeness (QED) is 0.00514. The van der Waals surface area contributed by atoms with Crippen molar-refractivity contribution in [3.05, 3.63) is 36.5 Å². The minimum Gasteiger partial charge on any atom is -0.463 e. The second kappa shape index (κ2) is 52.2. The Kier molecular flexibility index (Phi) is 47.5. The van der Waals surface area contributed by atoms with Crippen molar-refractivity contribution >= 4 is 25.7 Å². The van der Waals surface area contributed by atoms with E-state index in [1.165, 1.54) is 128 Å². The van der Waals surface area contributed by atoms with Crippen LogP contribution in [0.2, 0.25) is 0 Å². The van der Waals surface area contributed by atoms with Gasteiger partial charge in [0.05, 0.1) is 13.2 Å². The van der Waals surface area contributed by atoms with Crippen LogP contribution in [0.25, 0.3) is 0 Å². The minimum atomic E-state index is -5.71. The zero-order chi connectivity index (χ0) is 69.6. The Labute approximate surface area is 566 Å². The molecule has 0 spiro atoms. The van der Waals surface area contributed by atoms with Gasteiger partial charge >= 0.3 is 25.7 Å². The van der Waals surface area contributed by atoms with Gasteiger partial charge in [0.2, 0.25) is 0 Å². The predicted octanol–water partition coefficient (Wildman–Crippen LogP) is 9.12. The van der Waals surface area contributed by atoms with Crippen LogP contribution >= 0.6 is 7.82 Å². The van der Waals surface area contributed by atoms with Gasteiger partial charge < -0.3 is 89.1 Å². The third-order valence-corrected chi connectivity index (χ3v) is 18.7. The van der Waals surface area contributed by atoms with Crippen molar-refractivity contribution < 1.29 is 117 Å². The lowest BCUT2D eigenvalue weighted by atomic mass is 9.84. The molecule has 554 valence electrons. The summed E-state index contributed by atoms with van der Waals surface area (Å²) in [6.07, 6.45) is 13.0. The first kappa shape index (κ1) is 86.4. The van der Waals surface area contributed by atoms with Crippen molar-refractivity contribution in [2.24, 2.45) is 0 Å². The Hall–Kier alpha value is -2.82. The summed E-state index contributed by atoms with van der Waals surface area (Å²) in [7, 11) is -5.71. The molecule has 0 amide bonds. The van der Waals surface area contributed by atoms with Gasteiger partial charge in [0.25, 0.3) is 0 Å². The number of carbonyl (C=O) groups excluding carboxylic acids is 3. The van der Waals surface area contributed by atoms with Gasteiger partial charge in [-0.3, -0.25) is 18.6 Å². The van der Waals surface area contributed by atoms with Crippen LogP contribution in [0.15, 0.2) is 36.5 Å². The van der Waals surface area contributed by atoms with E-state index in [0.29, 0.717) is 12.8 Å². The molecule has 2 heterocycles. The number of hydrogen-bond donors (Lipinski definition) is 11. The zero-order valence-electron chi connectivity index (χ0n) is 57.4. The van der Waals surface area contributed by atoms with Gasteiger partial charge in [0.1, 0.15) is 98.7 Å². The number of rotatable bonds is 55. The summed E-state index contributed by atoms with van der Waals surface area (Å²) in [5, 5.41) is 110. The smallest absolute Gasteiger partial charge is 0.463 e. The largest absolute Gasteiger partial charge is 0.472 e. The Bertz CT molecular complexity index is 2120. The number of ether oxygens (including phenoxy) is 7. The van der Waals surface area contributed by atoms with E-state index < -0.39 is 156 Å². The topological polar surface area (TPSA) is 374 Å². The summed E-state index contributed by atoms with van der Waals surface area (Å²) in [6.45, 7) is 3.28. The molecule has 0 radical (unpaired) electrons. The van der Waals surface area contributed by atoms with E-state index in [4.69, 9.17) is 42.2 Å². The first-order valence-electron chi connectivity index (χ1n) is 36.3. The summed E-state index contributed by atoms with van der Waals surface area (Å²) in [4.78, 5) is 50.7. The van der Waals surface area contributed by atoms with Crippen LogP contribution in [0.4, 0.5) is 0 Å². The third kappa shape index (κ3) is 35.9. The number of aliphatic hydroxyl groups excluding tert-OH is 10. The molecule has 2 saturated heterocycles. The lowest BCUT2D eigenvalue weighted by Crippen LogP contribution is -2.69. The normalized spacial score (nSPS) is 28.3. The van der Waals surface area contributed by atoms with Crippen LogP contribution in [0.1, 0.15) is 258 Å². The van der Waals surface area contributed by atoms with Crippen LogP contribution < -0.4 is 0 Å². The van der Waals surface area contributed by atoms with Gasteiger partial charge in [0.15, 0.2) is 18.7 Å². The molecule has 0 aromatic carbocycles. The molecule has 0 bridgehead atoms. The molecule has 1 aliphatic carbocycles. The molecule has 1 saturated carbocycles. The number of phosphoric ester groups is 1. The Morgan fingerprint density at radius 1 is 0.432 bits per heavy atom. The zero-order valence-corrected chi connectivity index (χ0v) is 58.3. The van der Waals surface area contributed by atoms with E-state index in [9.17, 15) is 74.9 Å². The highest BCUT2D eigenvalue weighted by atomic mass is 31.2. The van der Waals surface area contributed by atoms with Crippen LogP contribution in [0.5, 0.6) is 0 Å². The molecular formula is C70H125O24P. The van der Waals surface area contributed by atoms with Crippen molar-refractivity contribution in [3.63, 3.8) is 0 Å². The standard InChI is InChI=1S/C70H125O24P/c1-4-7-10-13-16-19-22-25-26-28-31-32-35-38-41-44-54(72)86-48-51(89-56(74)46-43-40-37-34-29-24-21-18-15-12-9-6-3)49-88-95(84,85)94-68-66(92-69-64(82)59(77)57(75)52(47-71)90-69)62(80)61(79)63(81)67(68)93-70-65(83)60(78)58(76)53(91-70)50-87-55(73)45-42-39-36-33-30-27-23-20-17-14-11-8-5-2/h27,30,35,38,41,44,51-53,57-71,75-83H,4-26,28-29,31-34,36-37,39-40,42-43,45-50H2,1-3H3,(H,84,85)/b30-27-,38-35+,44-41+. The fraction of sp³-hybridized carbons (Fsp3) is 0.871. The van der Waals surface area contributed by atoms with Gasteiger partial charge in [-0.25, -0.2) is 9.36 Å². The van der Waals surface area contributed by atoms with Gasteiger partial charge in [-0.1, -0.05) is 225 Å². The summed E-state index contributed by atoms with van der Waals surface area (Å²) < 4.78 is 64.6. The van der Waals surface area contributed by atoms with E-state index >= 15 is 0 Å². The van der Waals surface area contributed by atoms with Crippen molar-refractivity contribution in [1.29, 1.82) is 0 Å². The molecule has 95 heavy (non-hydrogen) atoms. The highest BCUT2D eigenvalue weighted by Crippen LogP contribution is 2.49. The molecule has 11 N–H and O–H groups in total. The van der Waals surface area contributed by atoms with Crippen molar-refractivity contribution in [2.45, 2.75) is 362 Å². The van der Waals surface area contributed by atoms with E-state index in [2.05, 4.69) is 32.9 Å². The van der Waals surface area contributed by atoms with Crippen LogP contribution in [-0.4, -0.2) is 204 Å². The maximum Gasteiger partial charge on any atom is 0.472 e. The number of hydrogen-bond acceptors (Lipinski definition) is 23. The summed E-state index contributed by atoms with van der Waals surface area (Å²) in [6, 6.07) is 0. The Morgan fingerprint density at radius 2 is 0.821 bits per heavy atom. The first-order valence-corrected chi connectivity index (χ1v) is 37.8. The maximum atomic E-state index is 14.3. The molecule has 2 aliphatic heterocycles. The molecule has 18 unspecified atom stereocenters. The lowest BCUT2D eigenvalue weighted by Gasteiger charge is -2.49. The van der Waals surface area contributed by atoms with E-state index in [1.54, 1.807) is 6.08 Å². The summed E-state index contributed by atoms with van der Waals surface area (Å²) in [5.41, 5.74) is 0. The first-order chi connectivity index (χ1) is 45.8. The number of carbonyl (C=O) groups is 3. The monoisotopic (exact) mass is 1380 g/mol. The van der Waals surface area contributed by atoms with Crippen LogP contribution in [0, 0.1) is 0 Å². The number of unbranched alkanes of at least 4 members (excludes halogenated alkanes) is 31. The molecular weight excluding hydrogens is 1260 g/mol. The van der Waals surface area contributed by atoms with Gasteiger partial charge in [-0.05, 0) is 51.4 Å². The average molecular weight is 1380 g/mol. The molecule has 0 aromatic heterocycles. The van der Waals surface area contributed by atoms with Crippen molar-refractivity contribution in [1.82, 2.24) is 0 Å². The second-order valence-electron chi connectivity index (χ2n) is 26.0.